The summed E-state index contributed by atoms with van der Waals surface area (Å²) in [6.07, 6.45) is 2.57. The molecule has 0 spiro atoms. The van der Waals surface area contributed by atoms with E-state index in [4.69, 9.17) is 0 Å². The monoisotopic (exact) mass is 358 g/mol. The SMILES string of the molecule is Cc1c(C)n2c3c(=O)[nH]c(=O)n(C)c3nc2n1CCN1CCC[C@@H](C)C1. The first-order valence-corrected chi connectivity index (χ1v) is 9.28. The van der Waals surface area contributed by atoms with E-state index in [1.807, 2.05) is 11.3 Å². The van der Waals surface area contributed by atoms with Gasteiger partial charge in [0.25, 0.3) is 5.56 Å². The van der Waals surface area contributed by atoms with Crippen LogP contribution in [-0.2, 0) is 13.6 Å². The van der Waals surface area contributed by atoms with Crippen molar-refractivity contribution in [1.82, 2.24) is 28.4 Å². The molecule has 8 heteroatoms. The number of imidazole rings is 2. The molecular formula is C18H26N6O2. The summed E-state index contributed by atoms with van der Waals surface area (Å²) in [7, 11) is 1.63. The molecule has 1 aliphatic rings. The van der Waals surface area contributed by atoms with Crippen molar-refractivity contribution in [3.63, 3.8) is 0 Å². The highest BCUT2D eigenvalue weighted by Gasteiger charge is 2.21. The van der Waals surface area contributed by atoms with Crippen molar-refractivity contribution < 1.29 is 0 Å². The van der Waals surface area contributed by atoms with E-state index in [0.29, 0.717) is 11.2 Å². The minimum Gasteiger partial charge on any atom is -0.313 e. The van der Waals surface area contributed by atoms with Crippen molar-refractivity contribution in [2.75, 3.05) is 19.6 Å². The largest absolute Gasteiger partial charge is 0.329 e. The third kappa shape index (κ3) is 2.51. The molecule has 0 saturated carbocycles. The molecule has 1 fully saturated rings. The van der Waals surface area contributed by atoms with Gasteiger partial charge in [-0.3, -0.25) is 18.7 Å². The number of nitrogens with zero attached hydrogens (tertiary/aromatic N) is 5. The first-order valence-electron chi connectivity index (χ1n) is 9.28. The molecule has 3 aromatic heterocycles. The van der Waals surface area contributed by atoms with Crippen molar-refractivity contribution in [2.45, 2.75) is 40.2 Å². The maximum atomic E-state index is 12.4. The minimum atomic E-state index is -0.438. The summed E-state index contributed by atoms with van der Waals surface area (Å²) < 4.78 is 5.44. The summed E-state index contributed by atoms with van der Waals surface area (Å²) in [5, 5.41) is 0. The molecule has 140 valence electrons. The summed E-state index contributed by atoms with van der Waals surface area (Å²) in [5.74, 6) is 1.48. The molecule has 1 N–H and O–H groups in total. The van der Waals surface area contributed by atoms with Crippen molar-refractivity contribution >= 4 is 16.9 Å². The number of piperidine rings is 1. The maximum absolute atomic E-state index is 12.4. The second kappa shape index (κ2) is 6.12. The Labute approximate surface area is 151 Å². The molecule has 8 nitrogen and oxygen atoms in total. The number of hydrogen-bond acceptors (Lipinski definition) is 4. The van der Waals surface area contributed by atoms with Crippen molar-refractivity contribution in [1.29, 1.82) is 0 Å². The second-order valence-corrected chi connectivity index (χ2v) is 7.61. The molecule has 0 bridgehead atoms. The zero-order valence-electron chi connectivity index (χ0n) is 15.9. The highest BCUT2D eigenvalue weighted by atomic mass is 16.2. The fourth-order valence-electron chi connectivity index (χ4n) is 4.18. The van der Waals surface area contributed by atoms with Crippen LogP contribution < -0.4 is 11.2 Å². The average Bonchev–Trinajstić information content (AvgIpc) is 3.09. The van der Waals surface area contributed by atoms with E-state index in [9.17, 15) is 9.59 Å². The minimum absolute atomic E-state index is 0.388. The number of aryl methyl sites for hydroxylation is 2. The lowest BCUT2D eigenvalue weighted by Crippen LogP contribution is -2.36. The van der Waals surface area contributed by atoms with Gasteiger partial charge in [0.1, 0.15) is 0 Å². The molecule has 0 amide bonds. The van der Waals surface area contributed by atoms with Gasteiger partial charge in [0.05, 0.1) is 0 Å². The van der Waals surface area contributed by atoms with Gasteiger partial charge in [-0.2, -0.15) is 4.98 Å². The Hall–Kier alpha value is -2.35. The number of rotatable bonds is 3. The first-order chi connectivity index (χ1) is 12.4. The highest BCUT2D eigenvalue weighted by Crippen LogP contribution is 2.21. The van der Waals surface area contributed by atoms with Crippen LogP contribution in [0.5, 0.6) is 0 Å². The van der Waals surface area contributed by atoms with E-state index in [2.05, 4.69) is 33.3 Å². The molecule has 4 heterocycles. The number of fused-ring (bicyclic) bond motifs is 3. The molecule has 0 aromatic carbocycles. The number of likely N-dealkylation sites (tertiary alicyclic amines) is 1. The number of aromatic nitrogens is 5. The van der Waals surface area contributed by atoms with Crippen LogP contribution in [0.3, 0.4) is 0 Å². The average molecular weight is 358 g/mol. The second-order valence-electron chi connectivity index (χ2n) is 7.61. The van der Waals surface area contributed by atoms with E-state index in [0.717, 1.165) is 49.3 Å². The van der Waals surface area contributed by atoms with Gasteiger partial charge in [-0.05, 0) is 39.2 Å². The van der Waals surface area contributed by atoms with Crippen LogP contribution in [0.2, 0.25) is 0 Å². The van der Waals surface area contributed by atoms with Crippen LogP contribution in [0.15, 0.2) is 9.59 Å². The molecule has 26 heavy (non-hydrogen) atoms. The number of hydrogen-bond donors (Lipinski definition) is 1. The lowest BCUT2D eigenvalue weighted by Gasteiger charge is -2.30. The lowest BCUT2D eigenvalue weighted by molar-refractivity contribution is 0.178. The van der Waals surface area contributed by atoms with Gasteiger partial charge in [-0.1, -0.05) is 6.92 Å². The lowest BCUT2D eigenvalue weighted by atomic mass is 10.0. The van der Waals surface area contributed by atoms with Crippen molar-refractivity contribution in [3.8, 4) is 0 Å². The number of H-pyrrole nitrogens is 1. The van der Waals surface area contributed by atoms with Gasteiger partial charge in [0.2, 0.25) is 5.78 Å². The summed E-state index contributed by atoms with van der Waals surface area (Å²) in [4.78, 5) is 33.8. The third-order valence-corrected chi connectivity index (χ3v) is 5.79. The summed E-state index contributed by atoms with van der Waals surface area (Å²) in [6.45, 7) is 10.4. The zero-order chi connectivity index (χ0) is 18.6. The maximum Gasteiger partial charge on any atom is 0.329 e. The van der Waals surface area contributed by atoms with Crippen LogP contribution in [0.4, 0.5) is 0 Å². The predicted molar refractivity (Wildman–Crippen MR) is 101 cm³/mol. The topological polar surface area (TPSA) is 80.3 Å². The fraction of sp³-hybridized carbons (Fsp3) is 0.611. The van der Waals surface area contributed by atoms with Gasteiger partial charge in [0.15, 0.2) is 11.2 Å². The van der Waals surface area contributed by atoms with Crippen LogP contribution in [0, 0.1) is 19.8 Å². The van der Waals surface area contributed by atoms with E-state index >= 15 is 0 Å². The number of aromatic amines is 1. The van der Waals surface area contributed by atoms with Crippen LogP contribution >= 0.6 is 0 Å². The molecule has 0 radical (unpaired) electrons. The standard InChI is InChI=1S/C18H26N6O2/c1-11-6-5-7-22(10-11)8-9-23-12(2)13(3)24-14-15(19-17(23)24)21(4)18(26)20-16(14)25/h11H,5-10H2,1-4H3,(H,20,25,26)/t11-/m1/s1. The third-order valence-electron chi connectivity index (χ3n) is 5.79. The van der Waals surface area contributed by atoms with Gasteiger partial charge >= 0.3 is 5.69 Å². The normalized spacial score (nSPS) is 19.0. The first kappa shape index (κ1) is 17.1. The van der Waals surface area contributed by atoms with Crippen LogP contribution in [-0.4, -0.2) is 48.0 Å². The van der Waals surface area contributed by atoms with Gasteiger partial charge in [0, 0.05) is 38.1 Å². The summed E-state index contributed by atoms with van der Waals surface area (Å²) in [5.41, 5.74) is 2.13. The van der Waals surface area contributed by atoms with Crippen LogP contribution in [0.25, 0.3) is 16.9 Å². The Morgan fingerprint density at radius 3 is 2.69 bits per heavy atom. The summed E-state index contributed by atoms with van der Waals surface area (Å²) >= 11 is 0. The molecule has 0 aliphatic carbocycles. The Balaban J connectivity index is 1.80. The Kier molecular flexibility index (Phi) is 4.02. The Morgan fingerprint density at radius 2 is 1.96 bits per heavy atom. The Bertz CT molecular complexity index is 1100. The molecule has 1 aliphatic heterocycles. The molecule has 1 saturated heterocycles. The molecule has 3 aromatic rings. The van der Waals surface area contributed by atoms with E-state index < -0.39 is 5.69 Å². The van der Waals surface area contributed by atoms with Gasteiger partial charge in [-0.15, -0.1) is 0 Å². The van der Waals surface area contributed by atoms with Gasteiger partial charge in [-0.25, -0.2) is 4.79 Å². The summed E-state index contributed by atoms with van der Waals surface area (Å²) in [6, 6.07) is 0. The molecule has 0 unspecified atom stereocenters. The quantitative estimate of drug-likeness (QED) is 0.758. The Morgan fingerprint density at radius 1 is 1.19 bits per heavy atom. The van der Waals surface area contributed by atoms with E-state index in [1.54, 1.807) is 7.05 Å². The fourth-order valence-corrected chi connectivity index (χ4v) is 4.18. The van der Waals surface area contributed by atoms with E-state index in [1.165, 1.54) is 17.4 Å². The zero-order valence-corrected chi connectivity index (χ0v) is 15.9. The van der Waals surface area contributed by atoms with Gasteiger partial charge < -0.3 is 9.47 Å². The number of nitrogens with one attached hydrogen (secondary N) is 1. The predicted octanol–water partition coefficient (Wildman–Crippen LogP) is 1.02. The molecule has 4 rings (SSSR count). The van der Waals surface area contributed by atoms with Crippen molar-refractivity contribution in [2.24, 2.45) is 13.0 Å². The molecule has 1 atom stereocenters. The molecular weight excluding hydrogens is 332 g/mol. The highest BCUT2D eigenvalue weighted by molar-refractivity contribution is 5.76. The van der Waals surface area contributed by atoms with Crippen molar-refractivity contribution in [3.05, 3.63) is 32.2 Å². The van der Waals surface area contributed by atoms with E-state index in [-0.39, 0.29) is 5.56 Å². The smallest absolute Gasteiger partial charge is 0.313 e. The van der Waals surface area contributed by atoms with Crippen LogP contribution in [0.1, 0.15) is 31.2 Å².